The Morgan fingerprint density at radius 3 is 2.60 bits per heavy atom. The van der Waals surface area contributed by atoms with Crippen molar-refractivity contribution >= 4 is 17.2 Å². The van der Waals surface area contributed by atoms with Crippen LogP contribution >= 0.6 is 0 Å². The number of ether oxygens (including phenoxy) is 1. The van der Waals surface area contributed by atoms with Gasteiger partial charge < -0.3 is 15.6 Å². The molecule has 0 aliphatic heterocycles. The molecule has 5 nitrogen and oxygen atoms in total. The van der Waals surface area contributed by atoms with Crippen LogP contribution in [0.3, 0.4) is 0 Å². The van der Waals surface area contributed by atoms with E-state index in [4.69, 9.17) is 26.0 Å². The van der Waals surface area contributed by atoms with Crippen LogP contribution in [-0.2, 0) is 4.74 Å². The lowest BCUT2D eigenvalue weighted by molar-refractivity contribution is 0.128. The zero-order valence-electron chi connectivity index (χ0n) is 15.2. The topological polar surface area (TPSA) is 91.7 Å². The Labute approximate surface area is 150 Å². The van der Waals surface area contributed by atoms with E-state index in [-0.39, 0.29) is 18.4 Å². The molecule has 0 aromatic heterocycles. The van der Waals surface area contributed by atoms with Gasteiger partial charge in [-0.15, -0.1) is 0 Å². The zero-order chi connectivity index (χ0) is 18.2. The van der Waals surface area contributed by atoms with Gasteiger partial charge in [-0.1, -0.05) is 20.3 Å². The standard InChI is InChI=1S/C20H29N3O2/c1-3-5-17-18(25-13-12-24)11-8-14(4-2)19(17)23-16-9-6-15(7-10-16)20(21)22/h6-7,9-11,14,17,24H,3-5,8,12-13H2,1-2H3,(H3,21,22). The summed E-state index contributed by atoms with van der Waals surface area (Å²) in [6.45, 7) is 4.70. The first kappa shape index (κ1) is 19.2. The number of amidine groups is 1. The number of nitrogens with two attached hydrogens (primary N) is 1. The monoisotopic (exact) mass is 343 g/mol. The predicted molar refractivity (Wildman–Crippen MR) is 102 cm³/mol. The number of hydrogen-bond donors (Lipinski definition) is 3. The van der Waals surface area contributed by atoms with Gasteiger partial charge in [-0.2, -0.15) is 0 Å². The molecule has 4 N–H and O–H groups in total. The van der Waals surface area contributed by atoms with Crippen LogP contribution < -0.4 is 5.73 Å². The highest BCUT2D eigenvalue weighted by molar-refractivity contribution is 5.96. The molecule has 5 heteroatoms. The summed E-state index contributed by atoms with van der Waals surface area (Å²) in [5, 5.41) is 16.6. The van der Waals surface area contributed by atoms with Crippen molar-refractivity contribution in [2.24, 2.45) is 22.6 Å². The zero-order valence-corrected chi connectivity index (χ0v) is 15.2. The summed E-state index contributed by atoms with van der Waals surface area (Å²) in [6, 6.07) is 7.48. The molecule has 0 amide bonds. The summed E-state index contributed by atoms with van der Waals surface area (Å²) in [5.41, 5.74) is 8.27. The van der Waals surface area contributed by atoms with Gasteiger partial charge in [0.2, 0.25) is 0 Å². The van der Waals surface area contributed by atoms with E-state index < -0.39 is 0 Å². The smallest absolute Gasteiger partial charge is 0.122 e. The maximum absolute atomic E-state index is 9.07. The van der Waals surface area contributed by atoms with Crippen molar-refractivity contribution in [3.8, 4) is 0 Å². The molecule has 0 fully saturated rings. The van der Waals surface area contributed by atoms with Crippen LogP contribution in [0.1, 0.15) is 45.1 Å². The number of aliphatic hydroxyl groups excluding tert-OH is 1. The maximum atomic E-state index is 9.07. The second kappa shape index (κ2) is 9.37. The lowest BCUT2D eigenvalue weighted by Crippen LogP contribution is -2.30. The van der Waals surface area contributed by atoms with E-state index in [0.717, 1.165) is 42.8 Å². The minimum absolute atomic E-state index is 0.0202. The molecule has 1 aliphatic rings. The van der Waals surface area contributed by atoms with E-state index in [1.54, 1.807) is 0 Å². The first-order chi connectivity index (χ1) is 12.1. The Kier molecular flexibility index (Phi) is 7.19. The van der Waals surface area contributed by atoms with Gasteiger partial charge in [-0.25, -0.2) is 0 Å². The summed E-state index contributed by atoms with van der Waals surface area (Å²) in [7, 11) is 0. The minimum Gasteiger partial charge on any atom is -0.495 e. The van der Waals surface area contributed by atoms with Crippen LogP contribution in [-0.4, -0.2) is 29.9 Å². The number of aliphatic hydroxyl groups is 1. The van der Waals surface area contributed by atoms with Crippen molar-refractivity contribution < 1.29 is 9.84 Å². The van der Waals surface area contributed by atoms with E-state index in [1.165, 1.54) is 0 Å². The maximum Gasteiger partial charge on any atom is 0.122 e. The Hall–Kier alpha value is -2.14. The second-order valence-corrected chi connectivity index (χ2v) is 6.36. The Bertz CT molecular complexity index is 635. The van der Waals surface area contributed by atoms with Crippen LogP contribution in [0.2, 0.25) is 0 Å². The van der Waals surface area contributed by atoms with E-state index in [0.29, 0.717) is 18.1 Å². The minimum atomic E-state index is 0.0202. The predicted octanol–water partition coefficient (Wildman–Crippen LogP) is 3.78. The third-order valence-electron chi connectivity index (χ3n) is 4.59. The number of hydrogen-bond acceptors (Lipinski definition) is 4. The fraction of sp³-hybridized carbons (Fsp3) is 0.500. The lowest BCUT2D eigenvalue weighted by atomic mass is 9.79. The van der Waals surface area contributed by atoms with Crippen LogP contribution in [0.5, 0.6) is 0 Å². The van der Waals surface area contributed by atoms with Crippen molar-refractivity contribution in [2.75, 3.05) is 13.2 Å². The van der Waals surface area contributed by atoms with Crippen LogP contribution in [0.25, 0.3) is 0 Å². The molecule has 1 aromatic carbocycles. The molecule has 0 bridgehead atoms. The highest BCUT2D eigenvalue weighted by atomic mass is 16.5. The summed E-state index contributed by atoms with van der Waals surface area (Å²) in [6.07, 6.45) is 6.15. The molecular formula is C20H29N3O2. The number of nitrogens with zero attached hydrogens (tertiary/aromatic N) is 1. The Morgan fingerprint density at radius 1 is 1.32 bits per heavy atom. The lowest BCUT2D eigenvalue weighted by Gasteiger charge is -2.31. The summed E-state index contributed by atoms with van der Waals surface area (Å²) >= 11 is 0. The molecular weight excluding hydrogens is 314 g/mol. The summed E-state index contributed by atoms with van der Waals surface area (Å²) in [4.78, 5) is 4.95. The van der Waals surface area contributed by atoms with Gasteiger partial charge in [0, 0.05) is 17.2 Å². The van der Waals surface area contributed by atoms with Gasteiger partial charge in [0.05, 0.1) is 18.2 Å². The molecule has 1 aromatic rings. The molecule has 0 saturated carbocycles. The highest BCUT2D eigenvalue weighted by Crippen LogP contribution is 2.34. The van der Waals surface area contributed by atoms with Gasteiger partial charge in [-0.05, 0) is 49.6 Å². The van der Waals surface area contributed by atoms with Crippen LogP contribution in [0.4, 0.5) is 5.69 Å². The molecule has 0 radical (unpaired) electrons. The number of nitrogen functional groups attached to an aromatic ring is 1. The second-order valence-electron chi connectivity index (χ2n) is 6.36. The van der Waals surface area contributed by atoms with Gasteiger partial charge >= 0.3 is 0 Å². The van der Waals surface area contributed by atoms with Gasteiger partial charge in [0.25, 0.3) is 0 Å². The molecule has 0 spiro atoms. The molecule has 0 heterocycles. The van der Waals surface area contributed by atoms with Crippen LogP contribution in [0.15, 0.2) is 41.1 Å². The number of rotatable bonds is 8. The third-order valence-corrected chi connectivity index (χ3v) is 4.59. The number of benzene rings is 1. The van der Waals surface area contributed by atoms with Gasteiger partial charge in [0.1, 0.15) is 18.2 Å². The molecule has 25 heavy (non-hydrogen) atoms. The van der Waals surface area contributed by atoms with E-state index in [2.05, 4.69) is 19.9 Å². The van der Waals surface area contributed by atoms with E-state index in [9.17, 15) is 0 Å². The highest BCUT2D eigenvalue weighted by Gasteiger charge is 2.30. The third kappa shape index (κ3) is 4.92. The van der Waals surface area contributed by atoms with Crippen molar-refractivity contribution in [1.29, 1.82) is 5.41 Å². The normalized spacial score (nSPS) is 21.9. The van der Waals surface area contributed by atoms with Crippen molar-refractivity contribution in [2.45, 2.75) is 39.5 Å². The molecule has 136 valence electrons. The molecule has 2 rings (SSSR count). The number of allylic oxidation sites excluding steroid dienone is 2. The van der Waals surface area contributed by atoms with Gasteiger partial charge in [0.15, 0.2) is 0 Å². The van der Waals surface area contributed by atoms with Crippen molar-refractivity contribution in [1.82, 2.24) is 0 Å². The van der Waals surface area contributed by atoms with Gasteiger partial charge in [-0.3, -0.25) is 10.4 Å². The summed E-state index contributed by atoms with van der Waals surface area (Å²) < 4.78 is 5.79. The van der Waals surface area contributed by atoms with E-state index >= 15 is 0 Å². The molecule has 2 atom stereocenters. The average Bonchev–Trinajstić information content (AvgIpc) is 2.62. The average molecular weight is 343 g/mol. The van der Waals surface area contributed by atoms with E-state index in [1.807, 2.05) is 24.3 Å². The first-order valence-corrected chi connectivity index (χ1v) is 9.07. The molecule has 0 saturated heterocycles. The Morgan fingerprint density at radius 2 is 2.04 bits per heavy atom. The molecule has 2 unspecified atom stereocenters. The quantitative estimate of drug-likeness (QED) is 0.495. The number of nitrogens with one attached hydrogen (secondary N) is 1. The van der Waals surface area contributed by atoms with Crippen molar-refractivity contribution in [3.63, 3.8) is 0 Å². The van der Waals surface area contributed by atoms with Crippen LogP contribution in [0, 0.1) is 17.2 Å². The Balaban J connectivity index is 2.34. The summed E-state index contributed by atoms with van der Waals surface area (Å²) in [5.74, 6) is 1.59. The number of aliphatic imine (C=N–C) groups is 1. The fourth-order valence-corrected chi connectivity index (χ4v) is 3.26. The van der Waals surface area contributed by atoms with Crippen molar-refractivity contribution in [3.05, 3.63) is 41.7 Å². The molecule has 1 aliphatic carbocycles. The first-order valence-electron chi connectivity index (χ1n) is 9.07. The largest absolute Gasteiger partial charge is 0.495 e. The fourth-order valence-electron chi connectivity index (χ4n) is 3.26. The SMILES string of the molecule is CCCC1C(OCCO)=CCC(CC)C1=Nc1ccc(C(=N)N)cc1.